The van der Waals surface area contributed by atoms with E-state index in [-0.39, 0.29) is 5.75 Å². The number of aromatic hydroxyl groups is 1. The number of phenolic OH excluding ortho intramolecular Hbond substituents is 1. The predicted molar refractivity (Wildman–Crippen MR) is 84.0 cm³/mol. The quantitative estimate of drug-likeness (QED) is 0.565. The van der Waals surface area contributed by atoms with Gasteiger partial charge in [0, 0.05) is 10.6 Å². The molecule has 1 heterocycles. The van der Waals surface area contributed by atoms with Crippen LogP contribution in [-0.2, 0) is 0 Å². The first-order chi connectivity index (χ1) is 9.72. The van der Waals surface area contributed by atoms with Crippen molar-refractivity contribution in [1.82, 2.24) is 4.98 Å². The molecule has 0 aliphatic rings. The van der Waals surface area contributed by atoms with Gasteiger partial charge in [0.05, 0.1) is 16.4 Å². The van der Waals surface area contributed by atoms with Gasteiger partial charge in [0.25, 0.3) is 0 Å². The molecule has 0 unspecified atom stereocenters. The summed E-state index contributed by atoms with van der Waals surface area (Å²) in [7, 11) is 0. The second-order valence-corrected chi connectivity index (χ2v) is 5.53. The first-order valence-corrected chi connectivity index (χ1v) is 7.05. The van der Waals surface area contributed by atoms with Gasteiger partial charge in [-0.15, -0.1) is 0 Å². The van der Waals surface area contributed by atoms with Gasteiger partial charge in [-0.3, -0.25) is 5.43 Å². The van der Waals surface area contributed by atoms with Crippen molar-refractivity contribution in [1.29, 1.82) is 0 Å². The predicted octanol–water partition coefficient (Wildman–Crippen LogP) is 4.10. The lowest BCUT2D eigenvalue weighted by atomic mass is 10.2. The number of thiazole rings is 1. The molecular weight excluding hydrogens is 294 g/mol. The van der Waals surface area contributed by atoms with Gasteiger partial charge in [0.1, 0.15) is 5.75 Å². The number of halogens is 1. The Balaban J connectivity index is 1.78. The van der Waals surface area contributed by atoms with Gasteiger partial charge in [-0.1, -0.05) is 35.1 Å². The number of hydrazone groups is 1. The highest BCUT2D eigenvalue weighted by molar-refractivity contribution is 7.22. The van der Waals surface area contributed by atoms with Crippen LogP contribution in [0, 0.1) is 0 Å². The van der Waals surface area contributed by atoms with Crippen LogP contribution in [0.4, 0.5) is 5.13 Å². The van der Waals surface area contributed by atoms with Gasteiger partial charge in [0.2, 0.25) is 5.13 Å². The van der Waals surface area contributed by atoms with E-state index in [1.165, 1.54) is 23.6 Å². The van der Waals surface area contributed by atoms with Crippen molar-refractivity contribution in [2.45, 2.75) is 0 Å². The van der Waals surface area contributed by atoms with Gasteiger partial charge in [0.15, 0.2) is 0 Å². The number of nitrogens with zero attached hydrogens (tertiary/aromatic N) is 2. The summed E-state index contributed by atoms with van der Waals surface area (Å²) in [5.74, 6) is 0.129. The van der Waals surface area contributed by atoms with Crippen LogP contribution in [-0.4, -0.2) is 16.3 Å². The molecule has 0 bridgehead atoms. The normalized spacial score (nSPS) is 11.2. The van der Waals surface area contributed by atoms with Crippen LogP contribution >= 0.6 is 22.9 Å². The Bertz CT molecular complexity index is 752. The fraction of sp³-hybridized carbons (Fsp3) is 0. The van der Waals surface area contributed by atoms with Crippen molar-refractivity contribution >= 4 is 44.5 Å². The van der Waals surface area contributed by atoms with Crippen LogP contribution in [0.2, 0.25) is 5.02 Å². The van der Waals surface area contributed by atoms with Gasteiger partial charge >= 0.3 is 0 Å². The Labute approximate surface area is 124 Å². The zero-order valence-corrected chi connectivity index (χ0v) is 11.8. The van der Waals surface area contributed by atoms with Crippen molar-refractivity contribution in [2.75, 3.05) is 5.43 Å². The third-order valence-electron chi connectivity index (χ3n) is 2.65. The summed E-state index contributed by atoms with van der Waals surface area (Å²) in [5.41, 5.74) is 4.33. The van der Waals surface area contributed by atoms with Crippen LogP contribution in [0.5, 0.6) is 5.75 Å². The molecule has 2 N–H and O–H groups in total. The van der Waals surface area contributed by atoms with Crippen molar-refractivity contribution in [3.8, 4) is 5.75 Å². The molecule has 3 aromatic rings. The van der Waals surface area contributed by atoms with Gasteiger partial charge < -0.3 is 5.11 Å². The average Bonchev–Trinajstić information content (AvgIpc) is 2.85. The fourth-order valence-corrected chi connectivity index (χ4v) is 2.70. The number of anilines is 1. The number of rotatable bonds is 3. The average molecular weight is 304 g/mol. The standard InChI is InChI=1S/C14H10ClN3OS/c15-10-5-6-12(19)9(7-10)8-16-18-14-17-11-3-1-2-4-13(11)20-14/h1-8,19H,(H,17,18)/b16-8+. The van der Waals surface area contributed by atoms with E-state index in [1.54, 1.807) is 12.1 Å². The Hall–Kier alpha value is -2.11. The summed E-state index contributed by atoms with van der Waals surface area (Å²) in [6.07, 6.45) is 1.51. The minimum absolute atomic E-state index is 0.129. The maximum atomic E-state index is 9.66. The first-order valence-electron chi connectivity index (χ1n) is 5.85. The minimum Gasteiger partial charge on any atom is -0.507 e. The number of hydrogen-bond donors (Lipinski definition) is 2. The molecule has 0 fully saturated rings. The summed E-state index contributed by atoms with van der Waals surface area (Å²) in [4.78, 5) is 4.39. The van der Waals surface area contributed by atoms with E-state index >= 15 is 0 Å². The lowest BCUT2D eigenvalue weighted by Crippen LogP contribution is -1.90. The molecule has 100 valence electrons. The van der Waals surface area contributed by atoms with Crippen molar-refractivity contribution in [3.05, 3.63) is 53.1 Å². The highest BCUT2D eigenvalue weighted by Crippen LogP contribution is 2.25. The molecule has 0 amide bonds. The molecular formula is C14H10ClN3OS. The zero-order valence-electron chi connectivity index (χ0n) is 10.2. The van der Waals surface area contributed by atoms with E-state index < -0.39 is 0 Å². The minimum atomic E-state index is 0.129. The molecule has 4 nitrogen and oxygen atoms in total. The third kappa shape index (κ3) is 2.74. The molecule has 0 spiro atoms. The van der Waals surface area contributed by atoms with E-state index in [0.29, 0.717) is 15.7 Å². The largest absolute Gasteiger partial charge is 0.507 e. The third-order valence-corrected chi connectivity index (χ3v) is 3.82. The highest BCUT2D eigenvalue weighted by Gasteiger charge is 2.02. The maximum Gasteiger partial charge on any atom is 0.204 e. The van der Waals surface area contributed by atoms with E-state index in [2.05, 4.69) is 15.5 Å². The van der Waals surface area contributed by atoms with Crippen LogP contribution in [0.25, 0.3) is 10.2 Å². The van der Waals surface area contributed by atoms with Crippen molar-refractivity contribution in [3.63, 3.8) is 0 Å². The van der Waals surface area contributed by atoms with E-state index in [0.717, 1.165) is 10.2 Å². The van der Waals surface area contributed by atoms with E-state index in [4.69, 9.17) is 11.6 Å². The maximum absolute atomic E-state index is 9.66. The number of benzene rings is 2. The second kappa shape index (κ2) is 5.48. The monoisotopic (exact) mass is 303 g/mol. The van der Waals surface area contributed by atoms with E-state index in [1.807, 2.05) is 24.3 Å². The molecule has 0 aliphatic heterocycles. The number of hydrogen-bond acceptors (Lipinski definition) is 5. The summed E-state index contributed by atoms with van der Waals surface area (Å²) >= 11 is 7.38. The van der Waals surface area contributed by atoms with Crippen LogP contribution < -0.4 is 5.43 Å². The summed E-state index contributed by atoms with van der Waals surface area (Å²) in [6, 6.07) is 12.7. The number of nitrogens with one attached hydrogen (secondary N) is 1. The highest BCUT2D eigenvalue weighted by atomic mass is 35.5. The topological polar surface area (TPSA) is 57.5 Å². The lowest BCUT2D eigenvalue weighted by Gasteiger charge is -1.98. The number of aromatic nitrogens is 1. The molecule has 6 heteroatoms. The lowest BCUT2D eigenvalue weighted by molar-refractivity contribution is 0.474. The van der Waals surface area contributed by atoms with Gasteiger partial charge in [-0.05, 0) is 30.3 Å². The molecule has 0 saturated carbocycles. The molecule has 0 atom stereocenters. The summed E-state index contributed by atoms with van der Waals surface area (Å²) < 4.78 is 1.09. The van der Waals surface area contributed by atoms with Crippen molar-refractivity contribution in [2.24, 2.45) is 5.10 Å². The van der Waals surface area contributed by atoms with Gasteiger partial charge in [-0.25, -0.2) is 4.98 Å². The Morgan fingerprint density at radius 3 is 2.95 bits per heavy atom. The fourth-order valence-electron chi connectivity index (χ4n) is 1.71. The SMILES string of the molecule is Oc1ccc(Cl)cc1/C=N/Nc1nc2ccccc2s1. The van der Waals surface area contributed by atoms with Gasteiger partial charge in [-0.2, -0.15) is 5.10 Å². The smallest absolute Gasteiger partial charge is 0.204 e. The second-order valence-electron chi connectivity index (χ2n) is 4.06. The Morgan fingerprint density at radius 1 is 1.25 bits per heavy atom. The van der Waals surface area contributed by atoms with Crippen LogP contribution in [0.3, 0.4) is 0 Å². The molecule has 0 saturated heterocycles. The first kappa shape index (κ1) is 12.9. The molecule has 3 rings (SSSR count). The van der Waals surface area contributed by atoms with Crippen LogP contribution in [0.1, 0.15) is 5.56 Å². The molecule has 1 aromatic heterocycles. The summed E-state index contributed by atoms with van der Waals surface area (Å²) in [6.45, 7) is 0. The molecule has 0 radical (unpaired) electrons. The molecule has 2 aromatic carbocycles. The van der Waals surface area contributed by atoms with Crippen molar-refractivity contribution < 1.29 is 5.11 Å². The molecule has 0 aliphatic carbocycles. The number of para-hydroxylation sites is 1. The number of phenols is 1. The zero-order chi connectivity index (χ0) is 13.9. The Kier molecular flexibility index (Phi) is 3.54. The van der Waals surface area contributed by atoms with Crippen LogP contribution in [0.15, 0.2) is 47.6 Å². The van der Waals surface area contributed by atoms with E-state index in [9.17, 15) is 5.11 Å². The number of fused-ring (bicyclic) bond motifs is 1. The Morgan fingerprint density at radius 2 is 2.10 bits per heavy atom. The summed E-state index contributed by atoms with van der Waals surface area (Å²) in [5, 5.41) is 15.0. The molecule has 20 heavy (non-hydrogen) atoms.